The molecule has 0 amide bonds. The van der Waals surface area contributed by atoms with Gasteiger partial charge in [0.1, 0.15) is 15.5 Å². The van der Waals surface area contributed by atoms with Gasteiger partial charge in [-0.05, 0) is 19.4 Å². The highest BCUT2D eigenvalue weighted by Crippen LogP contribution is 2.27. The van der Waals surface area contributed by atoms with Crippen molar-refractivity contribution in [1.29, 1.82) is 0 Å². The van der Waals surface area contributed by atoms with Gasteiger partial charge in [0, 0.05) is 26.8 Å². The number of hydrogen-bond acceptors (Lipinski definition) is 9. The summed E-state index contributed by atoms with van der Waals surface area (Å²) in [5.74, 6) is -0.0305. The van der Waals surface area contributed by atoms with Crippen molar-refractivity contribution in [1.82, 2.24) is 14.9 Å². The van der Waals surface area contributed by atoms with Crippen molar-refractivity contribution >= 4 is 27.5 Å². The number of aromatic amines is 1. The number of carbonyl (C=O) groups is 1. The van der Waals surface area contributed by atoms with Crippen LogP contribution < -0.4 is 5.56 Å². The molecular weight excluding hydrogens is 386 g/mol. The molecular formula is C18H27N3O6S. The number of aryl methyl sites for hydroxylation is 1. The van der Waals surface area contributed by atoms with E-state index in [9.17, 15) is 14.7 Å². The summed E-state index contributed by atoms with van der Waals surface area (Å²) in [4.78, 5) is 34.5. The van der Waals surface area contributed by atoms with Gasteiger partial charge in [-0.25, -0.2) is 9.78 Å². The quantitative estimate of drug-likeness (QED) is 0.523. The first-order valence-electron chi connectivity index (χ1n) is 8.98. The summed E-state index contributed by atoms with van der Waals surface area (Å²) in [5, 5.41) is 10.5. The number of methoxy groups -OCH3 is 2. The van der Waals surface area contributed by atoms with Gasteiger partial charge in [0.2, 0.25) is 0 Å². The molecule has 0 aliphatic carbocycles. The fraction of sp³-hybridized carbons (Fsp3) is 0.611. The number of carbonyl (C=O) groups excluding carboxylic acids is 1. The number of H-pyrrole nitrogens is 1. The number of fused-ring (bicyclic) bond motifs is 1. The summed E-state index contributed by atoms with van der Waals surface area (Å²) in [6, 6.07) is 0. The summed E-state index contributed by atoms with van der Waals surface area (Å²) in [7, 11) is 2.90. The van der Waals surface area contributed by atoms with Crippen molar-refractivity contribution in [2.75, 3.05) is 47.1 Å². The van der Waals surface area contributed by atoms with Crippen LogP contribution in [-0.2, 0) is 20.8 Å². The van der Waals surface area contributed by atoms with Crippen molar-refractivity contribution in [3.05, 3.63) is 26.6 Å². The van der Waals surface area contributed by atoms with Crippen molar-refractivity contribution in [2.45, 2.75) is 26.5 Å². The highest BCUT2D eigenvalue weighted by molar-refractivity contribution is 7.20. The second-order valence-corrected chi connectivity index (χ2v) is 7.28. The summed E-state index contributed by atoms with van der Waals surface area (Å²) in [6.45, 7) is 6.03. The Balaban J connectivity index is 2.26. The number of nitrogens with one attached hydrogen (secondary N) is 1. The number of thiophene rings is 1. The first kappa shape index (κ1) is 22.4. The van der Waals surface area contributed by atoms with E-state index in [2.05, 4.69) is 9.97 Å². The molecule has 0 saturated carbocycles. The molecule has 2 N–H and O–H groups in total. The SMILES string of the molecule is CCOC[C@@H](O)CN(CCOC)Cc1nc2sc(C(=O)OC)c(C)c2c(=O)[nH]1. The Morgan fingerprint density at radius 3 is 2.79 bits per heavy atom. The minimum absolute atomic E-state index is 0.232. The van der Waals surface area contributed by atoms with Crippen molar-refractivity contribution in [3.8, 4) is 0 Å². The molecule has 0 spiro atoms. The van der Waals surface area contributed by atoms with Crippen LogP contribution in [0.4, 0.5) is 0 Å². The number of ether oxygens (including phenoxy) is 3. The number of aromatic nitrogens is 2. The molecule has 10 heteroatoms. The van der Waals surface area contributed by atoms with E-state index in [4.69, 9.17) is 14.2 Å². The van der Waals surface area contributed by atoms with E-state index >= 15 is 0 Å². The predicted octanol–water partition coefficient (Wildman–Crippen LogP) is 0.925. The van der Waals surface area contributed by atoms with E-state index in [1.807, 2.05) is 11.8 Å². The Hall–Kier alpha value is -1.85. The third-order valence-electron chi connectivity index (χ3n) is 4.19. The van der Waals surface area contributed by atoms with Gasteiger partial charge in [-0.2, -0.15) is 0 Å². The lowest BCUT2D eigenvalue weighted by Crippen LogP contribution is -2.37. The van der Waals surface area contributed by atoms with Gasteiger partial charge in [-0.15, -0.1) is 11.3 Å². The largest absolute Gasteiger partial charge is 0.465 e. The minimum Gasteiger partial charge on any atom is -0.465 e. The van der Waals surface area contributed by atoms with Crippen LogP contribution in [0, 0.1) is 6.92 Å². The fourth-order valence-corrected chi connectivity index (χ4v) is 3.94. The number of esters is 1. The van der Waals surface area contributed by atoms with Crippen molar-refractivity contribution in [2.24, 2.45) is 0 Å². The smallest absolute Gasteiger partial charge is 0.348 e. The lowest BCUT2D eigenvalue weighted by Gasteiger charge is -2.24. The van der Waals surface area contributed by atoms with E-state index in [-0.39, 0.29) is 12.2 Å². The number of nitrogens with zero attached hydrogens (tertiary/aromatic N) is 2. The van der Waals surface area contributed by atoms with Crippen LogP contribution in [0.25, 0.3) is 10.2 Å². The molecule has 0 fully saturated rings. The van der Waals surface area contributed by atoms with Crippen LogP contribution in [0.1, 0.15) is 28.0 Å². The van der Waals surface area contributed by atoms with Gasteiger partial charge in [-0.3, -0.25) is 9.69 Å². The number of rotatable bonds is 11. The second-order valence-electron chi connectivity index (χ2n) is 6.28. The first-order chi connectivity index (χ1) is 13.4. The maximum Gasteiger partial charge on any atom is 0.348 e. The van der Waals surface area contributed by atoms with E-state index in [0.717, 1.165) is 11.3 Å². The molecule has 0 aromatic carbocycles. The number of aliphatic hydroxyl groups excluding tert-OH is 1. The zero-order valence-electron chi connectivity index (χ0n) is 16.6. The maximum atomic E-state index is 12.6. The van der Waals surface area contributed by atoms with Gasteiger partial charge >= 0.3 is 5.97 Å². The standard InChI is InChI=1S/C18H27N3O6S/c1-5-27-10-12(22)8-21(6-7-25-3)9-13-19-16(23)14-11(2)15(18(24)26-4)28-17(14)20-13/h12,22H,5-10H2,1-4H3,(H,19,20,23)/t12-/m0/s1. The molecule has 0 bridgehead atoms. The monoisotopic (exact) mass is 413 g/mol. The van der Waals surface area contributed by atoms with Crippen LogP contribution in [0.5, 0.6) is 0 Å². The summed E-state index contributed by atoms with van der Waals surface area (Å²) < 4.78 is 15.2. The maximum absolute atomic E-state index is 12.6. The Bertz CT molecular complexity index is 850. The molecule has 0 unspecified atom stereocenters. The highest BCUT2D eigenvalue weighted by Gasteiger charge is 2.20. The van der Waals surface area contributed by atoms with E-state index in [1.54, 1.807) is 14.0 Å². The van der Waals surface area contributed by atoms with Crippen LogP contribution in [0.15, 0.2) is 4.79 Å². The predicted molar refractivity (Wildman–Crippen MR) is 106 cm³/mol. The van der Waals surface area contributed by atoms with Gasteiger partial charge in [-0.1, -0.05) is 0 Å². The number of hydrogen-bond donors (Lipinski definition) is 2. The van der Waals surface area contributed by atoms with Crippen molar-refractivity contribution < 1.29 is 24.1 Å². The molecule has 2 aromatic heterocycles. The molecule has 2 rings (SSSR count). The Labute approximate surface area is 167 Å². The molecule has 2 heterocycles. The molecule has 9 nitrogen and oxygen atoms in total. The summed E-state index contributed by atoms with van der Waals surface area (Å²) in [6.07, 6.45) is -0.665. The van der Waals surface area contributed by atoms with Gasteiger partial charge < -0.3 is 24.3 Å². The lowest BCUT2D eigenvalue weighted by atomic mass is 10.2. The van der Waals surface area contributed by atoms with E-state index in [0.29, 0.717) is 59.3 Å². The van der Waals surface area contributed by atoms with E-state index in [1.165, 1.54) is 7.11 Å². The zero-order chi connectivity index (χ0) is 20.7. The Morgan fingerprint density at radius 1 is 1.39 bits per heavy atom. The van der Waals surface area contributed by atoms with Crippen LogP contribution in [-0.4, -0.2) is 79.2 Å². The zero-order valence-corrected chi connectivity index (χ0v) is 17.4. The highest BCUT2D eigenvalue weighted by atomic mass is 32.1. The fourth-order valence-electron chi connectivity index (χ4n) is 2.82. The van der Waals surface area contributed by atoms with E-state index < -0.39 is 12.1 Å². The first-order valence-corrected chi connectivity index (χ1v) is 9.80. The summed E-state index contributed by atoms with van der Waals surface area (Å²) in [5.41, 5.74) is 0.265. The molecule has 0 radical (unpaired) electrons. The number of aliphatic hydroxyl groups is 1. The third-order valence-corrected chi connectivity index (χ3v) is 5.35. The molecule has 0 saturated heterocycles. The molecule has 28 heavy (non-hydrogen) atoms. The normalized spacial score (nSPS) is 12.6. The van der Waals surface area contributed by atoms with Crippen molar-refractivity contribution in [3.63, 3.8) is 0 Å². The lowest BCUT2D eigenvalue weighted by molar-refractivity contribution is 0.0144. The van der Waals surface area contributed by atoms with Gasteiger partial charge in [0.05, 0.1) is 38.4 Å². The topological polar surface area (TPSA) is 114 Å². The van der Waals surface area contributed by atoms with Crippen LogP contribution in [0.2, 0.25) is 0 Å². The molecule has 0 aliphatic rings. The molecule has 0 aliphatic heterocycles. The van der Waals surface area contributed by atoms with Crippen LogP contribution in [0.3, 0.4) is 0 Å². The summed E-state index contributed by atoms with van der Waals surface area (Å²) >= 11 is 1.14. The Morgan fingerprint density at radius 2 is 2.14 bits per heavy atom. The third kappa shape index (κ3) is 5.58. The van der Waals surface area contributed by atoms with Crippen LogP contribution >= 0.6 is 11.3 Å². The second kappa shape index (κ2) is 10.6. The Kier molecular flexibility index (Phi) is 8.52. The average Bonchev–Trinajstić information content (AvgIpc) is 3.00. The minimum atomic E-state index is -0.665. The molecule has 1 atom stereocenters. The molecule has 156 valence electrons. The average molecular weight is 413 g/mol. The van der Waals surface area contributed by atoms with Gasteiger partial charge in [0.15, 0.2) is 0 Å². The molecule has 2 aromatic rings. The van der Waals surface area contributed by atoms with Gasteiger partial charge in [0.25, 0.3) is 5.56 Å².